The Morgan fingerprint density at radius 3 is 2.50 bits per heavy atom. The van der Waals surface area contributed by atoms with Crippen LogP contribution >= 0.6 is 0 Å². The van der Waals surface area contributed by atoms with E-state index >= 15 is 0 Å². The zero-order valence-corrected chi connectivity index (χ0v) is 22.7. The van der Waals surface area contributed by atoms with E-state index in [9.17, 15) is 13.5 Å². The molecule has 7 heteroatoms. The molecule has 1 saturated carbocycles. The number of hydrogen-bond donors (Lipinski definition) is 1. The van der Waals surface area contributed by atoms with Crippen molar-refractivity contribution in [3.05, 3.63) is 53.1 Å². The summed E-state index contributed by atoms with van der Waals surface area (Å²) < 4.78 is 41.5. The Labute approximate surface area is 216 Å². The van der Waals surface area contributed by atoms with Gasteiger partial charge in [-0.15, -0.1) is 0 Å². The zero-order chi connectivity index (χ0) is 25.9. The maximum atomic E-state index is 12.3. The van der Waals surface area contributed by atoms with Crippen molar-refractivity contribution in [3.63, 3.8) is 0 Å². The summed E-state index contributed by atoms with van der Waals surface area (Å²) in [7, 11) is -2.14. The lowest BCUT2D eigenvalue weighted by molar-refractivity contribution is 0.0211. The molecular formula is C29H40O6S. The second-order valence-electron chi connectivity index (χ2n) is 10.8. The van der Waals surface area contributed by atoms with Crippen LogP contribution in [0.1, 0.15) is 68.6 Å². The van der Waals surface area contributed by atoms with Crippen molar-refractivity contribution in [2.75, 3.05) is 20.3 Å². The molecule has 36 heavy (non-hydrogen) atoms. The van der Waals surface area contributed by atoms with E-state index in [0.29, 0.717) is 48.2 Å². The fourth-order valence-electron chi connectivity index (χ4n) is 5.89. The van der Waals surface area contributed by atoms with Crippen LogP contribution in [0.4, 0.5) is 0 Å². The van der Waals surface area contributed by atoms with Crippen molar-refractivity contribution in [2.45, 2.75) is 76.2 Å². The van der Waals surface area contributed by atoms with Gasteiger partial charge in [-0.05, 0) is 98.1 Å². The van der Waals surface area contributed by atoms with Crippen molar-refractivity contribution in [1.29, 1.82) is 0 Å². The number of fused-ring (bicyclic) bond motifs is 3. The van der Waals surface area contributed by atoms with Gasteiger partial charge in [0.05, 0.1) is 31.3 Å². The smallest absolute Gasteiger partial charge is 0.296 e. The topological polar surface area (TPSA) is 82.1 Å². The molecule has 4 rings (SSSR count). The predicted molar refractivity (Wildman–Crippen MR) is 140 cm³/mol. The third-order valence-electron chi connectivity index (χ3n) is 7.69. The Morgan fingerprint density at radius 2 is 1.81 bits per heavy atom. The highest BCUT2D eigenvalue weighted by Gasteiger charge is 2.40. The summed E-state index contributed by atoms with van der Waals surface area (Å²) in [6.45, 7) is 6.74. The molecule has 0 spiro atoms. The molecule has 1 fully saturated rings. The third-order valence-corrected chi connectivity index (χ3v) is 9.02. The fraction of sp³-hybridized carbons (Fsp3) is 0.586. The van der Waals surface area contributed by atoms with Crippen molar-refractivity contribution in [3.8, 4) is 11.5 Å². The van der Waals surface area contributed by atoms with Crippen molar-refractivity contribution in [2.24, 2.45) is 17.8 Å². The summed E-state index contributed by atoms with van der Waals surface area (Å²) >= 11 is 0. The molecule has 0 aliphatic heterocycles. The van der Waals surface area contributed by atoms with E-state index in [0.717, 1.165) is 37.7 Å². The standard InChI is InChI=1S/C29H40O6S/c1-19(2)14-23-15-21-8-9-22-16-29(28(33-4)18-26(22)25(21)17-27(23)30)34-12-5-13-35-36(31,32)24-10-6-20(3)7-11-24/h6-7,10-11,16,18-19,21,23,25,27,30H,5,8-9,12-15,17H2,1-4H3/t21?,23-,25+,27-/m1/s1. The second kappa shape index (κ2) is 11.5. The third kappa shape index (κ3) is 6.24. The van der Waals surface area contributed by atoms with E-state index in [2.05, 4.69) is 26.0 Å². The molecule has 198 valence electrons. The average molecular weight is 517 g/mol. The van der Waals surface area contributed by atoms with Crippen LogP contribution < -0.4 is 9.47 Å². The second-order valence-corrected chi connectivity index (χ2v) is 12.4. The molecule has 6 nitrogen and oxygen atoms in total. The number of benzene rings is 2. The van der Waals surface area contributed by atoms with Crippen LogP contribution in [0.25, 0.3) is 0 Å². The summed E-state index contributed by atoms with van der Waals surface area (Å²) in [4.78, 5) is 0.159. The van der Waals surface area contributed by atoms with Gasteiger partial charge in [0.25, 0.3) is 10.1 Å². The van der Waals surface area contributed by atoms with E-state index in [1.54, 1.807) is 31.4 Å². The lowest BCUT2D eigenvalue weighted by Gasteiger charge is -2.43. The van der Waals surface area contributed by atoms with Crippen LogP contribution in [-0.2, 0) is 20.7 Å². The van der Waals surface area contributed by atoms with Gasteiger partial charge in [0.15, 0.2) is 11.5 Å². The van der Waals surface area contributed by atoms with Gasteiger partial charge in [-0.3, -0.25) is 4.18 Å². The molecule has 0 radical (unpaired) electrons. The number of aliphatic hydroxyl groups is 1. The van der Waals surface area contributed by atoms with E-state index in [4.69, 9.17) is 13.7 Å². The Balaban J connectivity index is 1.35. The van der Waals surface area contributed by atoms with Gasteiger partial charge in [-0.2, -0.15) is 8.42 Å². The van der Waals surface area contributed by atoms with Crippen molar-refractivity contribution >= 4 is 10.1 Å². The molecule has 2 aromatic carbocycles. The minimum absolute atomic E-state index is 0.0443. The van der Waals surface area contributed by atoms with Gasteiger partial charge in [0.2, 0.25) is 0 Å². The molecule has 2 aliphatic rings. The van der Waals surface area contributed by atoms with Gasteiger partial charge < -0.3 is 14.6 Å². The molecule has 0 amide bonds. The Kier molecular flexibility index (Phi) is 8.63. The molecule has 2 aromatic rings. The van der Waals surface area contributed by atoms with Gasteiger partial charge in [-0.1, -0.05) is 31.5 Å². The fourth-order valence-corrected chi connectivity index (χ4v) is 6.83. The first kappa shape index (κ1) is 27.0. The highest BCUT2D eigenvalue weighted by Crippen LogP contribution is 2.50. The quantitative estimate of drug-likeness (QED) is 0.325. The zero-order valence-electron chi connectivity index (χ0n) is 21.9. The Hall–Kier alpha value is -2.09. The number of methoxy groups -OCH3 is 1. The molecule has 0 aromatic heterocycles. The molecule has 1 unspecified atom stereocenters. The predicted octanol–water partition coefficient (Wildman–Crippen LogP) is 5.64. The summed E-state index contributed by atoms with van der Waals surface area (Å²) in [5.41, 5.74) is 3.54. The number of hydrogen-bond acceptors (Lipinski definition) is 6. The van der Waals surface area contributed by atoms with E-state index < -0.39 is 10.1 Å². The van der Waals surface area contributed by atoms with Crippen LogP contribution in [-0.4, -0.2) is 40.0 Å². The summed E-state index contributed by atoms with van der Waals surface area (Å²) in [5, 5.41) is 10.9. The average Bonchev–Trinajstić information content (AvgIpc) is 2.83. The lowest BCUT2D eigenvalue weighted by Crippen LogP contribution is -2.37. The number of aliphatic hydroxyl groups excluding tert-OH is 1. The summed E-state index contributed by atoms with van der Waals surface area (Å²) in [6.07, 6.45) is 5.30. The van der Waals surface area contributed by atoms with Crippen LogP contribution in [0.5, 0.6) is 11.5 Å². The minimum atomic E-state index is -3.77. The van der Waals surface area contributed by atoms with Gasteiger partial charge in [0, 0.05) is 6.42 Å². The van der Waals surface area contributed by atoms with Gasteiger partial charge in [-0.25, -0.2) is 0 Å². The summed E-state index contributed by atoms with van der Waals surface area (Å²) in [6, 6.07) is 10.8. The molecule has 0 bridgehead atoms. The molecule has 4 atom stereocenters. The van der Waals surface area contributed by atoms with Crippen LogP contribution in [0.3, 0.4) is 0 Å². The molecule has 2 aliphatic carbocycles. The number of aryl methyl sites for hydroxylation is 2. The van der Waals surface area contributed by atoms with Crippen LogP contribution in [0, 0.1) is 24.7 Å². The largest absolute Gasteiger partial charge is 0.493 e. The monoisotopic (exact) mass is 516 g/mol. The van der Waals surface area contributed by atoms with E-state index in [-0.39, 0.29) is 17.6 Å². The number of rotatable bonds is 10. The van der Waals surface area contributed by atoms with Crippen LogP contribution in [0.15, 0.2) is 41.3 Å². The minimum Gasteiger partial charge on any atom is -0.493 e. The lowest BCUT2D eigenvalue weighted by atomic mass is 9.63. The highest BCUT2D eigenvalue weighted by atomic mass is 32.2. The van der Waals surface area contributed by atoms with Crippen molar-refractivity contribution < 1.29 is 27.2 Å². The van der Waals surface area contributed by atoms with Crippen LogP contribution in [0.2, 0.25) is 0 Å². The van der Waals surface area contributed by atoms with Gasteiger partial charge >= 0.3 is 0 Å². The Bertz CT molecular complexity index is 1130. The number of ether oxygens (including phenoxy) is 2. The Morgan fingerprint density at radius 1 is 1.06 bits per heavy atom. The first-order valence-electron chi connectivity index (χ1n) is 13.2. The molecule has 0 heterocycles. The van der Waals surface area contributed by atoms with E-state index in [1.807, 2.05) is 6.92 Å². The maximum Gasteiger partial charge on any atom is 0.296 e. The normalized spacial score (nSPS) is 23.7. The first-order valence-corrected chi connectivity index (χ1v) is 14.6. The van der Waals surface area contributed by atoms with E-state index in [1.165, 1.54) is 11.1 Å². The SMILES string of the molecule is COc1cc2c(cc1OCCCOS(=O)(=O)c1ccc(C)cc1)CCC1C[C@@H](CC(C)C)[C@H](O)C[C@H]21. The molecular weight excluding hydrogens is 476 g/mol. The summed E-state index contributed by atoms with van der Waals surface area (Å²) in [5.74, 6) is 3.31. The van der Waals surface area contributed by atoms with Crippen molar-refractivity contribution in [1.82, 2.24) is 0 Å². The molecule has 1 N–H and O–H groups in total. The highest BCUT2D eigenvalue weighted by molar-refractivity contribution is 7.86. The van der Waals surface area contributed by atoms with Gasteiger partial charge in [0.1, 0.15) is 0 Å². The first-order chi connectivity index (χ1) is 17.2. The molecule has 0 saturated heterocycles. The maximum absolute atomic E-state index is 12.3.